The average molecular weight is 450 g/mol. The van der Waals surface area contributed by atoms with E-state index < -0.39 is 5.82 Å². The number of carbonyl (C=O) groups excluding carboxylic acids is 1. The number of hydrogen-bond donors (Lipinski definition) is 0. The summed E-state index contributed by atoms with van der Waals surface area (Å²) < 4.78 is 13.9. The molecule has 146 valence electrons. The van der Waals surface area contributed by atoms with Gasteiger partial charge >= 0.3 is 0 Å². The first kappa shape index (κ1) is 19.2. The van der Waals surface area contributed by atoms with Crippen LogP contribution in [0.25, 0.3) is 27.6 Å². The van der Waals surface area contributed by atoms with Gasteiger partial charge in [0.2, 0.25) is 0 Å². The summed E-state index contributed by atoms with van der Waals surface area (Å²) in [6.45, 7) is 0. The van der Waals surface area contributed by atoms with Crippen LogP contribution in [0.1, 0.15) is 5.56 Å². The Bertz CT molecular complexity index is 1340. The van der Waals surface area contributed by atoms with Crippen molar-refractivity contribution in [3.8, 4) is 0 Å². The third kappa shape index (κ3) is 3.19. The van der Waals surface area contributed by atoms with Gasteiger partial charge in [-0.05, 0) is 57.4 Å². The third-order valence-corrected chi connectivity index (χ3v) is 6.64. The Morgan fingerprint density at radius 1 is 0.933 bits per heavy atom. The number of carbonyl (C=O) groups is 1. The molecule has 30 heavy (non-hydrogen) atoms. The molecule has 1 aliphatic rings. The molecule has 6 heteroatoms. The molecular formula is C24H13ClFNOS2. The number of nitrogens with zero attached hydrogens (tertiary/aromatic N) is 1. The van der Waals surface area contributed by atoms with Crippen LogP contribution in [0.5, 0.6) is 0 Å². The van der Waals surface area contributed by atoms with Crippen LogP contribution in [0, 0.1) is 5.82 Å². The molecule has 4 aromatic carbocycles. The van der Waals surface area contributed by atoms with Crippen molar-refractivity contribution in [1.29, 1.82) is 0 Å². The van der Waals surface area contributed by atoms with Crippen LogP contribution < -0.4 is 4.90 Å². The van der Waals surface area contributed by atoms with Crippen molar-refractivity contribution < 1.29 is 9.18 Å². The normalized spacial score (nSPS) is 15.7. The van der Waals surface area contributed by atoms with Crippen LogP contribution in [0.4, 0.5) is 10.1 Å². The monoisotopic (exact) mass is 449 g/mol. The maximum atomic E-state index is 13.6. The summed E-state index contributed by atoms with van der Waals surface area (Å²) in [6.07, 6.45) is 1.90. The fourth-order valence-corrected chi connectivity index (χ4v) is 5.11. The molecule has 0 aliphatic carbocycles. The highest BCUT2D eigenvalue weighted by Crippen LogP contribution is 2.39. The van der Waals surface area contributed by atoms with E-state index in [1.807, 2.05) is 42.5 Å². The number of thioether (sulfide) groups is 1. The van der Waals surface area contributed by atoms with Crippen molar-refractivity contribution in [2.45, 2.75) is 0 Å². The SMILES string of the molecule is O=C1/C(=C\c2c3ccccc3cc3ccccc23)SC(=S)N1c1ccc(F)c(Cl)c1. The third-order valence-electron chi connectivity index (χ3n) is 5.04. The van der Waals surface area contributed by atoms with Gasteiger partial charge in [-0.1, -0.05) is 84.1 Å². The minimum Gasteiger partial charge on any atom is -0.268 e. The maximum Gasteiger partial charge on any atom is 0.270 e. The highest BCUT2D eigenvalue weighted by Gasteiger charge is 2.33. The van der Waals surface area contributed by atoms with Crippen molar-refractivity contribution in [1.82, 2.24) is 0 Å². The van der Waals surface area contributed by atoms with Crippen molar-refractivity contribution in [2.75, 3.05) is 4.90 Å². The number of thiocarbonyl (C=S) groups is 1. The van der Waals surface area contributed by atoms with E-state index in [4.69, 9.17) is 23.8 Å². The second-order valence-corrected chi connectivity index (χ2v) is 8.93. The largest absolute Gasteiger partial charge is 0.270 e. The molecule has 4 aromatic rings. The summed E-state index contributed by atoms with van der Waals surface area (Å²) in [4.78, 5) is 15.1. The van der Waals surface area contributed by atoms with Crippen molar-refractivity contribution in [2.24, 2.45) is 0 Å². The zero-order valence-electron chi connectivity index (χ0n) is 15.4. The summed E-state index contributed by atoms with van der Waals surface area (Å²) in [5.41, 5.74) is 1.43. The topological polar surface area (TPSA) is 20.3 Å². The summed E-state index contributed by atoms with van der Waals surface area (Å²) in [5.74, 6) is -0.784. The number of fused-ring (bicyclic) bond motifs is 2. The van der Waals surface area contributed by atoms with E-state index in [2.05, 4.69) is 18.2 Å². The Hall–Kier alpha value is -2.73. The number of anilines is 1. The van der Waals surface area contributed by atoms with Gasteiger partial charge in [-0.25, -0.2) is 4.39 Å². The maximum absolute atomic E-state index is 13.6. The van der Waals surface area contributed by atoms with E-state index in [9.17, 15) is 9.18 Å². The molecule has 1 aliphatic heterocycles. The predicted molar refractivity (Wildman–Crippen MR) is 129 cm³/mol. The van der Waals surface area contributed by atoms with Gasteiger partial charge in [-0.2, -0.15) is 0 Å². The average Bonchev–Trinajstić information content (AvgIpc) is 3.03. The molecule has 5 rings (SSSR count). The van der Waals surface area contributed by atoms with Gasteiger partial charge in [-0.15, -0.1) is 0 Å². The lowest BCUT2D eigenvalue weighted by Gasteiger charge is -2.15. The Labute approximate surface area is 186 Å². The minimum absolute atomic E-state index is 0.0504. The molecule has 0 bridgehead atoms. The molecule has 0 aromatic heterocycles. The molecule has 1 heterocycles. The van der Waals surface area contributed by atoms with Crippen molar-refractivity contribution in [3.05, 3.63) is 94.1 Å². The van der Waals surface area contributed by atoms with Gasteiger partial charge in [0.15, 0.2) is 4.32 Å². The lowest BCUT2D eigenvalue weighted by atomic mass is 9.96. The standard InChI is InChI=1S/C24H13ClFNOS2/c25-20-12-16(9-10-21(20)26)27-23(28)22(30-24(27)29)13-19-17-7-3-1-5-14(17)11-15-6-2-4-8-18(15)19/h1-13H/b22-13+. The van der Waals surface area contributed by atoms with Crippen LogP contribution in [0.3, 0.4) is 0 Å². The van der Waals surface area contributed by atoms with Crippen LogP contribution in [-0.4, -0.2) is 10.2 Å². The van der Waals surface area contributed by atoms with E-state index in [-0.39, 0.29) is 10.9 Å². The van der Waals surface area contributed by atoms with Crippen LogP contribution in [0.2, 0.25) is 5.02 Å². The van der Waals surface area contributed by atoms with Gasteiger partial charge in [0.1, 0.15) is 5.82 Å². The highest BCUT2D eigenvalue weighted by molar-refractivity contribution is 8.27. The first-order valence-electron chi connectivity index (χ1n) is 9.16. The molecule has 0 unspecified atom stereocenters. The fourth-order valence-electron chi connectivity index (χ4n) is 3.65. The first-order valence-corrected chi connectivity index (χ1v) is 10.8. The number of rotatable bonds is 2. The first-order chi connectivity index (χ1) is 14.5. The molecule has 0 saturated carbocycles. The molecule has 0 N–H and O–H groups in total. The molecule has 0 spiro atoms. The zero-order chi connectivity index (χ0) is 20.8. The predicted octanol–water partition coefficient (Wildman–Crippen LogP) is 7.19. The zero-order valence-corrected chi connectivity index (χ0v) is 17.8. The fraction of sp³-hybridized carbons (Fsp3) is 0. The van der Waals surface area contributed by atoms with Crippen LogP contribution in [-0.2, 0) is 4.79 Å². The Kier molecular flexibility index (Phi) is 4.82. The van der Waals surface area contributed by atoms with Gasteiger partial charge in [0.25, 0.3) is 5.91 Å². The smallest absolute Gasteiger partial charge is 0.268 e. The number of hydrogen-bond acceptors (Lipinski definition) is 3. The number of benzene rings is 4. The Morgan fingerprint density at radius 2 is 1.57 bits per heavy atom. The lowest BCUT2D eigenvalue weighted by molar-refractivity contribution is -0.113. The summed E-state index contributed by atoms with van der Waals surface area (Å²) in [7, 11) is 0. The second-order valence-electron chi connectivity index (χ2n) is 6.85. The molecule has 0 atom stereocenters. The number of halogens is 2. The summed E-state index contributed by atoms with van der Waals surface area (Å²) in [6, 6.07) is 22.5. The van der Waals surface area contributed by atoms with Crippen LogP contribution >= 0.6 is 35.6 Å². The second kappa shape index (κ2) is 7.51. The van der Waals surface area contributed by atoms with E-state index in [0.717, 1.165) is 27.1 Å². The lowest BCUT2D eigenvalue weighted by Crippen LogP contribution is -2.27. The molecule has 0 radical (unpaired) electrons. The quantitative estimate of drug-likeness (QED) is 0.183. The highest BCUT2D eigenvalue weighted by atomic mass is 35.5. The van der Waals surface area contributed by atoms with Gasteiger partial charge < -0.3 is 0 Å². The van der Waals surface area contributed by atoms with Crippen molar-refractivity contribution >= 4 is 79.1 Å². The molecular weight excluding hydrogens is 437 g/mol. The summed E-state index contributed by atoms with van der Waals surface area (Å²) >= 11 is 12.6. The molecule has 2 nitrogen and oxygen atoms in total. The van der Waals surface area contributed by atoms with Crippen molar-refractivity contribution in [3.63, 3.8) is 0 Å². The van der Waals surface area contributed by atoms with Gasteiger partial charge in [-0.3, -0.25) is 9.69 Å². The van der Waals surface area contributed by atoms with E-state index >= 15 is 0 Å². The molecule has 1 saturated heterocycles. The number of amides is 1. The molecule has 1 fully saturated rings. The van der Waals surface area contributed by atoms with E-state index in [0.29, 0.717) is 14.9 Å². The minimum atomic E-state index is -0.538. The summed E-state index contributed by atoms with van der Waals surface area (Å²) in [5, 5.41) is 4.27. The molecule has 1 amide bonds. The Balaban J connectivity index is 1.66. The van der Waals surface area contributed by atoms with E-state index in [1.165, 1.54) is 34.9 Å². The van der Waals surface area contributed by atoms with Gasteiger partial charge in [0.05, 0.1) is 15.6 Å². The van der Waals surface area contributed by atoms with Gasteiger partial charge in [0, 0.05) is 0 Å². The van der Waals surface area contributed by atoms with E-state index in [1.54, 1.807) is 0 Å². The van der Waals surface area contributed by atoms with Crippen LogP contribution in [0.15, 0.2) is 77.7 Å². The Morgan fingerprint density at radius 3 is 2.20 bits per heavy atom.